The summed E-state index contributed by atoms with van der Waals surface area (Å²) in [4.78, 5) is 16.3. The van der Waals surface area contributed by atoms with E-state index in [1.54, 1.807) is 31.2 Å². The number of aromatic nitrogens is 4. The molecule has 0 N–H and O–H groups in total. The summed E-state index contributed by atoms with van der Waals surface area (Å²) in [5.41, 5.74) is 2.70. The van der Waals surface area contributed by atoms with Crippen molar-refractivity contribution in [3.05, 3.63) is 59.9 Å². The highest BCUT2D eigenvalue weighted by molar-refractivity contribution is 5.89. The maximum absolute atomic E-state index is 11.7. The van der Waals surface area contributed by atoms with E-state index in [0.717, 1.165) is 16.9 Å². The highest BCUT2D eigenvalue weighted by Crippen LogP contribution is 2.27. The number of carbonyl (C=O) groups is 1. The Kier molecular flexibility index (Phi) is 3.96. The van der Waals surface area contributed by atoms with Crippen LogP contribution >= 0.6 is 0 Å². The molecular weight excluding hydrogens is 332 g/mol. The van der Waals surface area contributed by atoms with E-state index in [0.29, 0.717) is 29.4 Å². The van der Waals surface area contributed by atoms with Crippen molar-refractivity contribution in [3.63, 3.8) is 0 Å². The third kappa shape index (κ3) is 2.73. The molecule has 0 aliphatic carbocycles. The van der Waals surface area contributed by atoms with Crippen LogP contribution in [0.2, 0.25) is 0 Å². The van der Waals surface area contributed by atoms with Crippen LogP contribution in [0.25, 0.3) is 16.7 Å². The summed E-state index contributed by atoms with van der Waals surface area (Å²) in [5.74, 6) is 1.29. The van der Waals surface area contributed by atoms with Crippen molar-refractivity contribution in [2.75, 3.05) is 6.61 Å². The van der Waals surface area contributed by atoms with E-state index in [1.807, 2.05) is 35.6 Å². The number of esters is 1. The molecule has 2 aromatic carbocycles. The van der Waals surface area contributed by atoms with Crippen molar-refractivity contribution >= 4 is 22.6 Å². The molecule has 0 radical (unpaired) electrons. The quantitative estimate of drug-likeness (QED) is 0.525. The predicted octanol–water partition coefficient (Wildman–Crippen LogP) is 3.55. The molecule has 7 nitrogen and oxygen atoms in total. The Hall–Kier alpha value is -3.48. The fourth-order valence-electron chi connectivity index (χ4n) is 2.75. The van der Waals surface area contributed by atoms with Crippen LogP contribution in [0.15, 0.2) is 48.5 Å². The standard InChI is InChI=1S/C19H16N4O3/c1-3-25-19(24)13-8-10-14(11-9-13)26-18-17-22-21-12(2)23(17)16-7-5-4-6-15(16)20-18/h4-11H,3H2,1-2H3. The summed E-state index contributed by atoms with van der Waals surface area (Å²) in [6.45, 7) is 3.99. The first kappa shape index (κ1) is 16.0. The van der Waals surface area contributed by atoms with Gasteiger partial charge >= 0.3 is 5.97 Å². The maximum Gasteiger partial charge on any atom is 0.338 e. The number of rotatable bonds is 4. The number of benzene rings is 2. The molecule has 0 aliphatic rings. The van der Waals surface area contributed by atoms with Crippen LogP contribution in [0.4, 0.5) is 0 Å². The molecule has 0 amide bonds. The number of para-hydroxylation sites is 2. The molecule has 0 atom stereocenters. The first-order valence-electron chi connectivity index (χ1n) is 8.23. The molecule has 2 heterocycles. The minimum atomic E-state index is -0.363. The van der Waals surface area contributed by atoms with Gasteiger partial charge in [-0.15, -0.1) is 10.2 Å². The van der Waals surface area contributed by atoms with E-state index in [1.165, 1.54) is 0 Å². The summed E-state index contributed by atoms with van der Waals surface area (Å²) in [5, 5.41) is 8.32. The fraction of sp³-hybridized carbons (Fsp3) is 0.158. The van der Waals surface area contributed by atoms with Crippen molar-refractivity contribution in [1.82, 2.24) is 19.6 Å². The molecule has 0 fully saturated rings. The first-order valence-corrected chi connectivity index (χ1v) is 8.23. The lowest BCUT2D eigenvalue weighted by Gasteiger charge is -2.09. The summed E-state index contributed by atoms with van der Waals surface area (Å²) < 4.78 is 12.8. The van der Waals surface area contributed by atoms with Crippen LogP contribution in [0.3, 0.4) is 0 Å². The second kappa shape index (κ2) is 6.44. The zero-order valence-electron chi connectivity index (χ0n) is 14.3. The lowest BCUT2D eigenvalue weighted by atomic mass is 10.2. The molecule has 0 bridgehead atoms. The van der Waals surface area contributed by atoms with Crippen molar-refractivity contribution < 1.29 is 14.3 Å². The maximum atomic E-state index is 11.7. The minimum Gasteiger partial charge on any atom is -0.462 e. The van der Waals surface area contributed by atoms with Crippen molar-refractivity contribution in [2.24, 2.45) is 0 Å². The molecule has 7 heteroatoms. The number of nitrogens with zero attached hydrogens (tertiary/aromatic N) is 4. The molecule has 0 spiro atoms. The Balaban J connectivity index is 1.74. The lowest BCUT2D eigenvalue weighted by Crippen LogP contribution is -2.04. The van der Waals surface area contributed by atoms with Crippen molar-refractivity contribution in [2.45, 2.75) is 13.8 Å². The number of fused-ring (bicyclic) bond motifs is 3. The molecule has 4 rings (SSSR count). The van der Waals surface area contributed by atoms with E-state index in [2.05, 4.69) is 15.2 Å². The van der Waals surface area contributed by atoms with Crippen LogP contribution in [0.1, 0.15) is 23.1 Å². The van der Waals surface area contributed by atoms with Gasteiger partial charge in [-0.1, -0.05) is 12.1 Å². The fourth-order valence-corrected chi connectivity index (χ4v) is 2.75. The molecule has 0 saturated heterocycles. The van der Waals surface area contributed by atoms with E-state index in [9.17, 15) is 4.79 Å². The van der Waals surface area contributed by atoms with Gasteiger partial charge in [-0.05, 0) is 50.2 Å². The van der Waals surface area contributed by atoms with Gasteiger partial charge in [-0.25, -0.2) is 9.78 Å². The molecule has 4 aromatic rings. The number of carbonyl (C=O) groups excluding carboxylic acids is 1. The SMILES string of the molecule is CCOC(=O)c1ccc(Oc2nc3ccccc3n3c(C)nnc23)cc1. The molecule has 130 valence electrons. The highest BCUT2D eigenvalue weighted by Gasteiger charge is 2.15. The predicted molar refractivity (Wildman–Crippen MR) is 95.5 cm³/mol. The van der Waals surface area contributed by atoms with E-state index < -0.39 is 0 Å². The van der Waals surface area contributed by atoms with Crippen LogP contribution in [0.5, 0.6) is 11.6 Å². The zero-order chi connectivity index (χ0) is 18.1. The van der Waals surface area contributed by atoms with Crippen molar-refractivity contribution in [1.29, 1.82) is 0 Å². The van der Waals surface area contributed by atoms with Gasteiger partial charge in [0.15, 0.2) is 0 Å². The third-order valence-electron chi connectivity index (χ3n) is 3.94. The van der Waals surface area contributed by atoms with Crippen molar-refractivity contribution in [3.8, 4) is 11.6 Å². The summed E-state index contributed by atoms with van der Waals surface area (Å²) in [7, 11) is 0. The number of aryl methyl sites for hydroxylation is 1. The molecule has 0 saturated carbocycles. The van der Waals surface area contributed by atoms with Gasteiger partial charge in [0.2, 0.25) is 5.65 Å². The average Bonchev–Trinajstić information content (AvgIpc) is 3.05. The molecule has 2 aromatic heterocycles. The molecule has 0 unspecified atom stereocenters. The van der Waals surface area contributed by atoms with Gasteiger partial charge in [-0.3, -0.25) is 4.40 Å². The van der Waals surface area contributed by atoms with Crippen LogP contribution in [0, 0.1) is 6.92 Å². The molecule has 26 heavy (non-hydrogen) atoms. The van der Waals surface area contributed by atoms with Gasteiger partial charge in [0.1, 0.15) is 11.6 Å². The van der Waals surface area contributed by atoms with Gasteiger partial charge < -0.3 is 9.47 Å². The smallest absolute Gasteiger partial charge is 0.338 e. The minimum absolute atomic E-state index is 0.336. The summed E-state index contributed by atoms with van der Waals surface area (Å²) >= 11 is 0. The van der Waals surface area contributed by atoms with E-state index >= 15 is 0 Å². The Morgan fingerprint density at radius 3 is 2.62 bits per heavy atom. The highest BCUT2D eigenvalue weighted by atomic mass is 16.5. The zero-order valence-corrected chi connectivity index (χ0v) is 14.3. The van der Waals surface area contributed by atoms with Gasteiger partial charge in [0, 0.05) is 0 Å². The summed E-state index contributed by atoms with van der Waals surface area (Å²) in [6, 6.07) is 14.4. The topological polar surface area (TPSA) is 78.6 Å². The number of ether oxygens (including phenoxy) is 2. The second-order valence-electron chi connectivity index (χ2n) is 5.66. The van der Waals surface area contributed by atoms with E-state index in [4.69, 9.17) is 9.47 Å². The monoisotopic (exact) mass is 348 g/mol. The van der Waals surface area contributed by atoms with Crippen LogP contribution < -0.4 is 4.74 Å². The first-order chi connectivity index (χ1) is 12.7. The largest absolute Gasteiger partial charge is 0.462 e. The van der Waals surface area contributed by atoms with Gasteiger partial charge in [0.25, 0.3) is 5.88 Å². The molecule has 0 aliphatic heterocycles. The number of hydrogen-bond donors (Lipinski definition) is 0. The Bertz CT molecular complexity index is 1100. The summed E-state index contributed by atoms with van der Waals surface area (Å²) in [6.07, 6.45) is 0. The molecular formula is C19H16N4O3. The third-order valence-corrected chi connectivity index (χ3v) is 3.94. The van der Waals surface area contributed by atoms with Crippen LogP contribution in [-0.2, 0) is 4.74 Å². The second-order valence-corrected chi connectivity index (χ2v) is 5.66. The normalized spacial score (nSPS) is 11.0. The van der Waals surface area contributed by atoms with Gasteiger partial charge in [0.05, 0.1) is 23.2 Å². The van der Waals surface area contributed by atoms with Crippen LogP contribution in [-0.4, -0.2) is 32.2 Å². The lowest BCUT2D eigenvalue weighted by molar-refractivity contribution is 0.0526. The number of hydrogen-bond acceptors (Lipinski definition) is 6. The Morgan fingerprint density at radius 1 is 1.08 bits per heavy atom. The average molecular weight is 348 g/mol. The Labute approximate surface area is 149 Å². The van der Waals surface area contributed by atoms with E-state index in [-0.39, 0.29) is 5.97 Å². The Morgan fingerprint density at radius 2 is 1.85 bits per heavy atom. The van der Waals surface area contributed by atoms with Gasteiger partial charge in [-0.2, -0.15) is 0 Å².